The lowest BCUT2D eigenvalue weighted by molar-refractivity contribution is -0.121. The van der Waals surface area contributed by atoms with Crippen molar-refractivity contribution >= 4 is 11.7 Å². The number of nitrogens with zero attached hydrogens (tertiary/aromatic N) is 1. The number of halogens is 1. The van der Waals surface area contributed by atoms with Gasteiger partial charge < -0.3 is 10.2 Å². The number of fused-ring (bicyclic) bond motifs is 1. The summed E-state index contributed by atoms with van der Waals surface area (Å²) in [5.41, 5.74) is 1.58. The van der Waals surface area contributed by atoms with Crippen molar-refractivity contribution in [1.29, 1.82) is 5.41 Å². The standard InChI is InChI=1S/C15H20FN3O/c1-10(2)8-18-14(20)5-6-19-9-11-3-4-12(16)7-13(11)15(19)17/h3-4,7,10,17H,5-6,8-9H2,1-2H3,(H,18,20). The maximum Gasteiger partial charge on any atom is 0.221 e. The molecule has 20 heavy (non-hydrogen) atoms. The Bertz CT molecular complexity index is 528. The van der Waals surface area contributed by atoms with E-state index in [4.69, 9.17) is 5.41 Å². The SMILES string of the molecule is CC(C)CNC(=O)CCN1Cc2ccc(F)cc2C1=N. The minimum Gasteiger partial charge on any atom is -0.356 e. The summed E-state index contributed by atoms with van der Waals surface area (Å²) >= 11 is 0. The van der Waals surface area contributed by atoms with E-state index < -0.39 is 0 Å². The van der Waals surface area contributed by atoms with Gasteiger partial charge in [-0.25, -0.2) is 4.39 Å². The molecule has 0 saturated heterocycles. The molecule has 0 saturated carbocycles. The molecule has 2 rings (SSSR count). The van der Waals surface area contributed by atoms with Crippen LogP contribution in [0.25, 0.3) is 0 Å². The van der Waals surface area contributed by atoms with Crippen LogP contribution < -0.4 is 5.32 Å². The van der Waals surface area contributed by atoms with Gasteiger partial charge in [0.1, 0.15) is 11.7 Å². The molecule has 0 bridgehead atoms. The van der Waals surface area contributed by atoms with Gasteiger partial charge in [-0.05, 0) is 23.6 Å². The normalized spacial score (nSPS) is 13.8. The Morgan fingerprint density at radius 3 is 2.95 bits per heavy atom. The van der Waals surface area contributed by atoms with Crippen molar-refractivity contribution < 1.29 is 9.18 Å². The zero-order valence-electron chi connectivity index (χ0n) is 11.9. The smallest absolute Gasteiger partial charge is 0.221 e. The molecule has 1 aliphatic heterocycles. The minimum absolute atomic E-state index is 0.00589. The van der Waals surface area contributed by atoms with Crippen molar-refractivity contribution in [1.82, 2.24) is 10.2 Å². The van der Waals surface area contributed by atoms with Gasteiger partial charge in [-0.1, -0.05) is 19.9 Å². The third-order valence-corrected chi connectivity index (χ3v) is 3.32. The number of carbonyl (C=O) groups excluding carboxylic acids is 1. The van der Waals surface area contributed by atoms with Gasteiger partial charge in [0.25, 0.3) is 0 Å². The Hall–Kier alpha value is -1.91. The predicted octanol–water partition coefficient (Wildman–Crippen LogP) is 2.13. The second-order valence-electron chi connectivity index (χ2n) is 5.52. The van der Waals surface area contributed by atoms with Gasteiger partial charge in [0.05, 0.1) is 0 Å². The van der Waals surface area contributed by atoms with Crippen molar-refractivity contribution in [3.05, 3.63) is 35.1 Å². The van der Waals surface area contributed by atoms with Gasteiger partial charge in [-0.3, -0.25) is 10.2 Å². The first-order chi connectivity index (χ1) is 9.47. The van der Waals surface area contributed by atoms with Gasteiger partial charge in [-0.2, -0.15) is 0 Å². The lowest BCUT2D eigenvalue weighted by atomic mass is 10.1. The highest BCUT2D eigenvalue weighted by atomic mass is 19.1. The van der Waals surface area contributed by atoms with Crippen LogP contribution in [0.15, 0.2) is 18.2 Å². The summed E-state index contributed by atoms with van der Waals surface area (Å²) in [5, 5.41) is 10.9. The van der Waals surface area contributed by atoms with E-state index in [1.807, 2.05) is 13.8 Å². The fourth-order valence-electron chi connectivity index (χ4n) is 2.20. The van der Waals surface area contributed by atoms with E-state index in [0.717, 1.165) is 5.56 Å². The summed E-state index contributed by atoms with van der Waals surface area (Å²) in [4.78, 5) is 13.5. The summed E-state index contributed by atoms with van der Waals surface area (Å²) < 4.78 is 13.2. The molecule has 0 aromatic heterocycles. The number of benzene rings is 1. The summed E-state index contributed by atoms with van der Waals surface area (Å²) in [6.45, 7) is 5.82. The Labute approximate surface area is 118 Å². The minimum atomic E-state index is -0.329. The number of hydrogen-bond acceptors (Lipinski definition) is 2. The first kappa shape index (κ1) is 14.5. The Morgan fingerprint density at radius 1 is 1.50 bits per heavy atom. The fraction of sp³-hybridized carbons (Fsp3) is 0.467. The second kappa shape index (κ2) is 6.03. The summed E-state index contributed by atoms with van der Waals surface area (Å²) in [7, 11) is 0. The summed E-state index contributed by atoms with van der Waals surface area (Å²) in [6, 6.07) is 4.50. The second-order valence-corrected chi connectivity index (χ2v) is 5.52. The van der Waals surface area contributed by atoms with Crippen LogP contribution in [0, 0.1) is 17.1 Å². The molecule has 108 valence electrons. The third kappa shape index (κ3) is 3.35. The van der Waals surface area contributed by atoms with Gasteiger partial charge in [0.15, 0.2) is 0 Å². The van der Waals surface area contributed by atoms with Crippen LogP contribution in [0.1, 0.15) is 31.4 Å². The molecule has 0 atom stereocenters. The highest BCUT2D eigenvalue weighted by Crippen LogP contribution is 2.23. The molecule has 1 heterocycles. The molecule has 4 nitrogen and oxygen atoms in total. The van der Waals surface area contributed by atoms with Gasteiger partial charge in [0.2, 0.25) is 5.91 Å². The van der Waals surface area contributed by atoms with Crippen molar-refractivity contribution in [2.45, 2.75) is 26.8 Å². The third-order valence-electron chi connectivity index (χ3n) is 3.32. The number of nitrogens with one attached hydrogen (secondary N) is 2. The largest absolute Gasteiger partial charge is 0.356 e. The van der Waals surface area contributed by atoms with Crippen LogP contribution in [0.4, 0.5) is 4.39 Å². The van der Waals surface area contributed by atoms with E-state index in [9.17, 15) is 9.18 Å². The maximum atomic E-state index is 13.2. The fourth-order valence-corrected chi connectivity index (χ4v) is 2.20. The van der Waals surface area contributed by atoms with E-state index in [1.54, 1.807) is 11.0 Å². The monoisotopic (exact) mass is 277 g/mol. The van der Waals surface area contributed by atoms with Gasteiger partial charge in [-0.15, -0.1) is 0 Å². The first-order valence-electron chi connectivity index (χ1n) is 6.86. The molecule has 2 N–H and O–H groups in total. The topological polar surface area (TPSA) is 56.2 Å². The van der Waals surface area contributed by atoms with E-state index in [0.29, 0.717) is 43.4 Å². The highest BCUT2D eigenvalue weighted by Gasteiger charge is 2.24. The Balaban J connectivity index is 1.87. The number of hydrogen-bond donors (Lipinski definition) is 2. The lowest BCUT2D eigenvalue weighted by Crippen LogP contribution is -2.32. The van der Waals surface area contributed by atoms with Crippen LogP contribution >= 0.6 is 0 Å². The highest BCUT2D eigenvalue weighted by molar-refractivity contribution is 6.00. The molecule has 1 aliphatic rings. The molecule has 0 fully saturated rings. The predicted molar refractivity (Wildman–Crippen MR) is 76.1 cm³/mol. The van der Waals surface area contributed by atoms with Crippen LogP contribution in [0.5, 0.6) is 0 Å². The summed E-state index contributed by atoms with van der Waals surface area (Å²) in [6.07, 6.45) is 0.353. The van der Waals surface area contributed by atoms with Crippen LogP contribution in [-0.2, 0) is 11.3 Å². The van der Waals surface area contributed by atoms with Gasteiger partial charge in [0, 0.05) is 31.6 Å². The molecule has 0 unspecified atom stereocenters. The van der Waals surface area contributed by atoms with Crippen molar-refractivity contribution in [2.24, 2.45) is 5.92 Å². The Morgan fingerprint density at radius 2 is 2.25 bits per heavy atom. The van der Waals surface area contributed by atoms with Crippen molar-refractivity contribution in [3.8, 4) is 0 Å². The quantitative estimate of drug-likeness (QED) is 0.866. The number of rotatable bonds is 5. The average molecular weight is 277 g/mol. The zero-order chi connectivity index (χ0) is 14.7. The number of carbonyl (C=O) groups is 1. The molecule has 1 aromatic rings. The Kier molecular flexibility index (Phi) is 4.37. The van der Waals surface area contributed by atoms with E-state index >= 15 is 0 Å². The summed E-state index contributed by atoms with van der Waals surface area (Å²) in [5.74, 6) is 0.395. The molecule has 0 spiro atoms. The van der Waals surface area contributed by atoms with Crippen molar-refractivity contribution in [2.75, 3.05) is 13.1 Å². The first-order valence-corrected chi connectivity index (χ1v) is 6.86. The molecule has 5 heteroatoms. The molecule has 0 radical (unpaired) electrons. The lowest BCUT2D eigenvalue weighted by Gasteiger charge is -2.17. The maximum absolute atomic E-state index is 13.2. The van der Waals surface area contributed by atoms with Crippen LogP contribution in [0.2, 0.25) is 0 Å². The number of amides is 1. The number of amidine groups is 1. The molecule has 1 aromatic carbocycles. The van der Waals surface area contributed by atoms with E-state index in [2.05, 4.69) is 5.32 Å². The molecule has 1 amide bonds. The molecular formula is C15H20FN3O. The van der Waals surface area contributed by atoms with Crippen molar-refractivity contribution in [3.63, 3.8) is 0 Å². The molecular weight excluding hydrogens is 257 g/mol. The van der Waals surface area contributed by atoms with Gasteiger partial charge >= 0.3 is 0 Å². The zero-order valence-corrected chi connectivity index (χ0v) is 11.9. The van der Waals surface area contributed by atoms with E-state index in [1.165, 1.54) is 12.1 Å². The molecule has 0 aliphatic carbocycles. The van der Waals surface area contributed by atoms with E-state index in [-0.39, 0.29) is 11.7 Å². The van der Waals surface area contributed by atoms with Crippen LogP contribution in [-0.4, -0.2) is 29.7 Å². The van der Waals surface area contributed by atoms with Crippen LogP contribution in [0.3, 0.4) is 0 Å². The average Bonchev–Trinajstić information content (AvgIpc) is 2.71.